The molecule has 1 aromatic carbocycles. The van der Waals surface area contributed by atoms with Crippen LogP contribution in [0.5, 0.6) is 0 Å². The molecular formula is C18H29NS. The van der Waals surface area contributed by atoms with E-state index in [1.165, 1.54) is 61.9 Å². The summed E-state index contributed by atoms with van der Waals surface area (Å²) in [7, 11) is 0. The number of hydrogen-bond donors (Lipinski definition) is 1. The topological polar surface area (TPSA) is 12.0 Å². The van der Waals surface area contributed by atoms with Crippen LogP contribution < -0.4 is 5.32 Å². The molecule has 0 aromatic heterocycles. The lowest BCUT2D eigenvalue weighted by atomic mass is 9.87. The maximum Gasteiger partial charge on any atom is 0.0340 e. The SMILES string of the molecule is CCCSCc1ccc(NCCC2CCCCC2)cc1. The molecule has 1 aromatic rings. The highest BCUT2D eigenvalue weighted by Crippen LogP contribution is 2.26. The zero-order valence-corrected chi connectivity index (χ0v) is 13.7. The van der Waals surface area contributed by atoms with Crippen molar-refractivity contribution in [2.24, 2.45) is 5.92 Å². The molecule has 0 bridgehead atoms. The molecule has 0 amide bonds. The standard InChI is InChI=1S/C18H29NS/c1-2-14-20-15-17-8-10-18(11-9-17)19-13-12-16-6-4-3-5-7-16/h8-11,16,19H,2-7,12-15H2,1H3. The third kappa shape index (κ3) is 5.78. The summed E-state index contributed by atoms with van der Waals surface area (Å²) in [4.78, 5) is 0. The van der Waals surface area contributed by atoms with E-state index in [0.29, 0.717) is 0 Å². The molecule has 1 nitrogen and oxygen atoms in total. The van der Waals surface area contributed by atoms with Crippen molar-refractivity contribution >= 4 is 17.4 Å². The van der Waals surface area contributed by atoms with Gasteiger partial charge in [0, 0.05) is 18.0 Å². The molecule has 20 heavy (non-hydrogen) atoms. The van der Waals surface area contributed by atoms with E-state index in [4.69, 9.17) is 0 Å². The smallest absolute Gasteiger partial charge is 0.0340 e. The number of benzene rings is 1. The van der Waals surface area contributed by atoms with Crippen molar-refractivity contribution in [3.63, 3.8) is 0 Å². The summed E-state index contributed by atoms with van der Waals surface area (Å²) >= 11 is 2.03. The van der Waals surface area contributed by atoms with Gasteiger partial charge < -0.3 is 5.32 Å². The summed E-state index contributed by atoms with van der Waals surface area (Å²) in [5.74, 6) is 3.39. The molecule has 0 spiro atoms. The van der Waals surface area contributed by atoms with Gasteiger partial charge in [0.05, 0.1) is 0 Å². The second kappa shape index (κ2) is 9.33. The van der Waals surface area contributed by atoms with Crippen LogP contribution in [0.15, 0.2) is 24.3 Å². The quantitative estimate of drug-likeness (QED) is 0.615. The van der Waals surface area contributed by atoms with Crippen LogP contribution in [-0.2, 0) is 5.75 Å². The van der Waals surface area contributed by atoms with Gasteiger partial charge in [-0.25, -0.2) is 0 Å². The van der Waals surface area contributed by atoms with E-state index < -0.39 is 0 Å². The summed E-state index contributed by atoms with van der Waals surface area (Å²) in [6, 6.07) is 9.02. The Morgan fingerprint density at radius 2 is 1.85 bits per heavy atom. The van der Waals surface area contributed by atoms with Crippen LogP contribution in [0.2, 0.25) is 0 Å². The molecule has 1 N–H and O–H groups in total. The number of thioether (sulfide) groups is 1. The number of anilines is 1. The predicted octanol–water partition coefficient (Wildman–Crippen LogP) is 5.71. The fraction of sp³-hybridized carbons (Fsp3) is 0.667. The lowest BCUT2D eigenvalue weighted by Crippen LogP contribution is -2.12. The van der Waals surface area contributed by atoms with Crippen molar-refractivity contribution in [1.29, 1.82) is 0 Å². The van der Waals surface area contributed by atoms with Gasteiger partial charge >= 0.3 is 0 Å². The maximum atomic E-state index is 3.58. The van der Waals surface area contributed by atoms with Gasteiger partial charge in [-0.3, -0.25) is 0 Å². The molecule has 0 radical (unpaired) electrons. The highest BCUT2D eigenvalue weighted by atomic mass is 32.2. The predicted molar refractivity (Wildman–Crippen MR) is 92.6 cm³/mol. The summed E-state index contributed by atoms with van der Waals surface area (Å²) in [5, 5.41) is 3.58. The van der Waals surface area contributed by atoms with Crippen molar-refractivity contribution in [2.75, 3.05) is 17.6 Å². The number of hydrogen-bond acceptors (Lipinski definition) is 2. The van der Waals surface area contributed by atoms with Crippen molar-refractivity contribution in [1.82, 2.24) is 0 Å². The van der Waals surface area contributed by atoms with Crippen LogP contribution >= 0.6 is 11.8 Å². The van der Waals surface area contributed by atoms with E-state index in [-0.39, 0.29) is 0 Å². The van der Waals surface area contributed by atoms with Crippen LogP contribution in [0, 0.1) is 5.92 Å². The van der Waals surface area contributed by atoms with E-state index in [0.717, 1.165) is 18.2 Å². The third-order valence-electron chi connectivity index (χ3n) is 4.18. The van der Waals surface area contributed by atoms with E-state index >= 15 is 0 Å². The summed E-state index contributed by atoms with van der Waals surface area (Å²) < 4.78 is 0. The first-order chi connectivity index (χ1) is 9.88. The Morgan fingerprint density at radius 3 is 2.55 bits per heavy atom. The fourth-order valence-electron chi connectivity index (χ4n) is 2.95. The Kier molecular flexibility index (Phi) is 7.35. The van der Waals surface area contributed by atoms with Gasteiger partial charge in [0.15, 0.2) is 0 Å². The number of rotatable bonds is 8. The summed E-state index contributed by atoms with van der Waals surface area (Å²) in [6.07, 6.45) is 9.88. The van der Waals surface area contributed by atoms with Gasteiger partial charge in [-0.1, -0.05) is 51.2 Å². The normalized spacial score (nSPS) is 16.2. The summed E-state index contributed by atoms with van der Waals surface area (Å²) in [5.41, 5.74) is 2.73. The fourth-order valence-corrected chi connectivity index (χ4v) is 3.81. The van der Waals surface area contributed by atoms with Gasteiger partial charge in [-0.15, -0.1) is 0 Å². The molecule has 0 saturated heterocycles. The zero-order valence-electron chi connectivity index (χ0n) is 12.9. The molecule has 1 aliphatic rings. The molecule has 112 valence electrons. The molecule has 0 heterocycles. The minimum atomic E-state index is 0.973. The Balaban J connectivity index is 1.65. The average molecular weight is 292 g/mol. The summed E-state index contributed by atoms with van der Waals surface area (Å²) in [6.45, 7) is 3.38. The Labute approximate surface area is 128 Å². The van der Waals surface area contributed by atoms with E-state index in [9.17, 15) is 0 Å². The largest absolute Gasteiger partial charge is 0.385 e. The van der Waals surface area contributed by atoms with Gasteiger partial charge in [0.25, 0.3) is 0 Å². The Morgan fingerprint density at radius 1 is 1.10 bits per heavy atom. The Hall–Kier alpha value is -0.630. The molecule has 1 aliphatic carbocycles. The van der Waals surface area contributed by atoms with Crippen LogP contribution in [0.1, 0.15) is 57.4 Å². The molecule has 2 heteroatoms. The zero-order chi connectivity index (χ0) is 14.0. The van der Waals surface area contributed by atoms with Crippen LogP contribution in [0.25, 0.3) is 0 Å². The minimum absolute atomic E-state index is 0.973. The first-order valence-corrected chi connectivity index (χ1v) is 9.44. The molecule has 0 atom stereocenters. The molecule has 1 saturated carbocycles. The maximum absolute atomic E-state index is 3.58. The first kappa shape index (κ1) is 15.8. The van der Waals surface area contributed by atoms with Crippen LogP contribution in [0.4, 0.5) is 5.69 Å². The van der Waals surface area contributed by atoms with E-state index in [1.54, 1.807) is 0 Å². The van der Waals surface area contributed by atoms with Crippen molar-refractivity contribution in [3.05, 3.63) is 29.8 Å². The molecular weight excluding hydrogens is 262 g/mol. The second-order valence-electron chi connectivity index (χ2n) is 5.97. The lowest BCUT2D eigenvalue weighted by molar-refractivity contribution is 0.345. The third-order valence-corrected chi connectivity index (χ3v) is 5.41. The number of nitrogens with one attached hydrogen (secondary N) is 1. The van der Waals surface area contributed by atoms with Crippen LogP contribution in [-0.4, -0.2) is 12.3 Å². The van der Waals surface area contributed by atoms with E-state index in [2.05, 4.69) is 36.5 Å². The first-order valence-electron chi connectivity index (χ1n) is 8.29. The van der Waals surface area contributed by atoms with Crippen molar-refractivity contribution < 1.29 is 0 Å². The monoisotopic (exact) mass is 291 g/mol. The molecule has 0 unspecified atom stereocenters. The molecule has 2 rings (SSSR count). The van der Waals surface area contributed by atoms with Gasteiger partial charge in [0.1, 0.15) is 0 Å². The minimum Gasteiger partial charge on any atom is -0.385 e. The van der Waals surface area contributed by atoms with Crippen molar-refractivity contribution in [2.45, 2.75) is 57.6 Å². The van der Waals surface area contributed by atoms with Gasteiger partial charge in [-0.05, 0) is 42.2 Å². The average Bonchev–Trinajstić information content (AvgIpc) is 2.50. The highest BCUT2D eigenvalue weighted by molar-refractivity contribution is 7.98. The van der Waals surface area contributed by atoms with Crippen molar-refractivity contribution in [3.8, 4) is 0 Å². The lowest BCUT2D eigenvalue weighted by Gasteiger charge is -2.21. The molecule has 0 aliphatic heterocycles. The Bertz CT molecular complexity index is 354. The van der Waals surface area contributed by atoms with Gasteiger partial charge in [0.2, 0.25) is 0 Å². The second-order valence-corrected chi connectivity index (χ2v) is 7.07. The van der Waals surface area contributed by atoms with Crippen LogP contribution in [0.3, 0.4) is 0 Å². The highest BCUT2D eigenvalue weighted by Gasteiger charge is 2.12. The molecule has 1 fully saturated rings. The van der Waals surface area contributed by atoms with E-state index in [1.807, 2.05) is 11.8 Å². The van der Waals surface area contributed by atoms with Gasteiger partial charge in [-0.2, -0.15) is 11.8 Å².